The van der Waals surface area contributed by atoms with Crippen LogP contribution < -0.4 is 9.80 Å². The molecule has 0 N–H and O–H groups in total. The minimum atomic E-state index is -0.380. The van der Waals surface area contributed by atoms with Gasteiger partial charge in [0.15, 0.2) is 11.6 Å². The minimum absolute atomic E-state index is 0.227. The Morgan fingerprint density at radius 3 is 1.06 bits per heavy atom. The number of aromatic nitrogens is 5. The van der Waals surface area contributed by atoms with E-state index in [2.05, 4.69) is 244 Å². The largest absolute Gasteiger partial charge is 0.311 e. The first-order chi connectivity index (χ1) is 38.6. The molecule has 79 heavy (non-hydrogen) atoms. The third-order valence-electron chi connectivity index (χ3n) is 14.3. The molecule has 0 saturated heterocycles. The van der Waals surface area contributed by atoms with Crippen LogP contribution in [0.4, 0.5) is 34.1 Å². The summed E-state index contributed by atoms with van der Waals surface area (Å²) in [6.45, 7) is 16.0. The normalized spacial score (nSPS) is 14.6. The van der Waals surface area contributed by atoms with Gasteiger partial charge in [-0.2, -0.15) is 15.0 Å². The lowest BCUT2D eigenvalue weighted by Gasteiger charge is -2.26. The maximum atomic E-state index is 9.79. The predicted octanol–water partition coefficient (Wildman–Crippen LogP) is 17.5. The molecule has 0 spiro atoms. The van der Waals surface area contributed by atoms with Crippen molar-refractivity contribution in [2.45, 2.75) is 99.5 Å². The minimum Gasteiger partial charge on any atom is -0.311 e. The van der Waals surface area contributed by atoms with Gasteiger partial charge in [-0.3, -0.25) is 9.59 Å². The number of carbonyl (C=O) groups excluding carboxylic acids is 2. The molecule has 9 nitrogen and oxygen atoms in total. The van der Waals surface area contributed by atoms with Crippen LogP contribution in [0.15, 0.2) is 206 Å². The van der Waals surface area contributed by atoms with E-state index >= 15 is 0 Å². The summed E-state index contributed by atoms with van der Waals surface area (Å²) in [5.41, 5.74) is 19.2. The molecule has 9 heteroatoms. The van der Waals surface area contributed by atoms with Crippen molar-refractivity contribution in [3.8, 4) is 0 Å². The van der Waals surface area contributed by atoms with Crippen molar-refractivity contribution < 1.29 is 9.59 Å². The molecule has 0 saturated carbocycles. The third-order valence-corrected chi connectivity index (χ3v) is 14.3. The maximum absolute atomic E-state index is 9.79. The second-order valence-electron chi connectivity index (χ2n) is 20.1. The third kappa shape index (κ3) is 12.3. The van der Waals surface area contributed by atoms with E-state index in [1.54, 1.807) is 0 Å². The Kier molecular flexibility index (Phi) is 17.8. The van der Waals surface area contributed by atoms with Crippen molar-refractivity contribution in [2.75, 3.05) is 9.80 Å². The highest BCUT2D eigenvalue weighted by Gasteiger charge is 2.28. The molecule has 0 fully saturated rings. The van der Waals surface area contributed by atoms with E-state index in [0.717, 1.165) is 116 Å². The summed E-state index contributed by atoms with van der Waals surface area (Å²) in [5, 5.41) is 10.6. The van der Waals surface area contributed by atoms with Crippen LogP contribution in [0.1, 0.15) is 114 Å². The summed E-state index contributed by atoms with van der Waals surface area (Å²) in [6.07, 6.45) is 17.3. The van der Waals surface area contributed by atoms with Crippen LogP contribution in [0.3, 0.4) is 0 Å². The second kappa shape index (κ2) is 25.6. The Hall–Kier alpha value is -8.82. The van der Waals surface area contributed by atoms with E-state index < -0.39 is 0 Å². The SMILES string of the molecule is CC.CC(=O)C(C)=O.CCc1nc2c(C3=CCC(c4ccc(N(c5ccccc5)c5ccccc5)cc4)C=C3)c3nn(CC(C)C)nc3c(C3=CCC(c4ccc(N(c5ccccc5)c5ccccc5)cc4)C=C3)c2nc1CC. The number of hydrogen-bond donors (Lipinski definition) is 0. The molecule has 2 atom stereocenters. The van der Waals surface area contributed by atoms with Crippen LogP contribution in [-0.2, 0) is 29.0 Å². The molecule has 9 aromatic rings. The van der Waals surface area contributed by atoms with Crippen molar-refractivity contribution in [2.24, 2.45) is 5.92 Å². The Morgan fingerprint density at radius 2 is 0.797 bits per heavy atom. The average molecular weight is 1040 g/mol. The first-order valence-electron chi connectivity index (χ1n) is 28.0. The lowest BCUT2D eigenvalue weighted by Crippen LogP contribution is -2.10. The fraction of sp³-hybridized carbons (Fsp3) is 0.229. The summed E-state index contributed by atoms with van der Waals surface area (Å²) < 4.78 is 0. The quantitative estimate of drug-likeness (QED) is 0.0937. The molecule has 2 aromatic heterocycles. The average Bonchev–Trinajstić information content (AvgIpc) is 4.18. The zero-order chi connectivity index (χ0) is 55.4. The number of hydrogen-bond acceptors (Lipinski definition) is 8. The van der Waals surface area contributed by atoms with Crippen LogP contribution >= 0.6 is 0 Å². The number of nitrogens with zero attached hydrogens (tertiary/aromatic N) is 7. The number of allylic oxidation sites excluding steroid dienone is 8. The van der Waals surface area contributed by atoms with Crippen LogP contribution in [0.5, 0.6) is 0 Å². The van der Waals surface area contributed by atoms with Gasteiger partial charge in [0.05, 0.1) is 29.0 Å². The molecule has 2 unspecified atom stereocenters. The van der Waals surface area contributed by atoms with E-state index in [4.69, 9.17) is 20.2 Å². The van der Waals surface area contributed by atoms with Gasteiger partial charge in [-0.25, -0.2) is 9.97 Å². The molecule has 11 rings (SSSR count). The van der Waals surface area contributed by atoms with E-state index in [1.807, 2.05) is 18.6 Å². The maximum Gasteiger partial charge on any atom is 0.195 e. The van der Waals surface area contributed by atoms with Gasteiger partial charge in [-0.05, 0) is 127 Å². The predicted molar refractivity (Wildman–Crippen MR) is 328 cm³/mol. The van der Waals surface area contributed by atoms with Gasteiger partial charge in [0.2, 0.25) is 0 Å². The van der Waals surface area contributed by atoms with Crippen molar-refractivity contribution in [3.63, 3.8) is 0 Å². The van der Waals surface area contributed by atoms with Gasteiger partial charge in [0.1, 0.15) is 11.0 Å². The summed E-state index contributed by atoms with van der Waals surface area (Å²) in [6, 6.07) is 60.4. The van der Waals surface area contributed by atoms with E-state index in [-0.39, 0.29) is 23.4 Å². The van der Waals surface area contributed by atoms with Crippen molar-refractivity contribution in [3.05, 3.63) is 240 Å². The Balaban J connectivity index is 0.000000888. The van der Waals surface area contributed by atoms with Crippen molar-refractivity contribution in [1.29, 1.82) is 0 Å². The van der Waals surface area contributed by atoms with Gasteiger partial charge in [0, 0.05) is 70.9 Å². The fourth-order valence-corrected chi connectivity index (χ4v) is 10.3. The van der Waals surface area contributed by atoms with Crippen molar-refractivity contribution >= 4 is 78.9 Å². The highest BCUT2D eigenvalue weighted by atomic mass is 16.2. The Labute approximate surface area is 466 Å². The Bertz CT molecular complexity index is 3340. The van der Waals surface area contributed by atoms with Crippen LogP contribution in [0.2, 0.25) is 0 Å². The van der Waals surface area contributed by atoms with Crippen molar-refractivity contribution in [1.82, 2.24) is 25.0 Å². The number of para-hydroxylation sites is 4. The molecule has 398 valence electrons. The number of benzene rings is 7. The first-order valence-corrected chi connectivity index (χ1v) is 28.0. The molecule has 2 aliphatic carbocycles. The van der Waals surface area contributed by atoms with Gasteiger partial charge in [-0.15, -0.1) is 0 Å². The van der Waals surface area contributed by atoms with E-state index in [1.165, 1.54) is 25.0 Å². The first kappa shape index (κ1) is 55.0. The van der Waals surface area contributed by atoms with Gasteiger partial charge < -0.3 is 9.80 Å². The number of carbonyl (C=O) groups is 2. The number of Topliss-reactive ketones (excluding diaryl/α,β-unsaturated/α-hetero) is 2. The zero-order valence-electron chi connectivity index (χ0n) is 46.8. The van der Waals surface area contributed by atoms with Crippen LogP contribution in [0, 0.1) is 5.92 Å². The fourth-order valence-electron chi connectivity index (χ4n) is 10.3. The second-order valence-corrected chi connectivity index (χ2v) is 20.1. The number of ketones is 2. The number of rotatable bonds is 15. The highest BCUT2D eigenvalue weighted by molar-refractivity contribution is 6.35. The molecule has 0 aliphatic heterocycles. The Morgan fingerprint density at radius 1 is 0.481 bits per heavy atom. The van der Waals surface area contributed by atoms with Crippen LogP contribution in [-0.4, -0.2) is 36.5 Å². The van der Waals surface area contributed by atoms with Gasteiger partial charge in [0.25, 0.3) is 0 Å². The standard InChI is InChI=1S/C64H59N7.C4H6O2.C2H6/c1-5-57-58(6-2)66-62-60(50-33-29-46(30-34-50)48-37-41-56(42-38-48)71(53-23-15-9-16-24-53)54-25-17-10-18-26-54)64-63(67-69(68-64)43-44(3)4)59(61(62)65-57)49-31-27-45(28-32-49)47-35-39-55(40-36-47)70(51-19-11-7-12-20-51)52-21-13-8-14-22-52;1-3(5)4(2)6;1-2/h7-27,29,31-42,44-46H,5-6,28,30,43H2,1-4H3;1-2H3;1-2H3. The van der Waals surface area contributed by atoms with E-state index in [0.29, 0.717) is 12.5 Å². The number of anilines is 6. The topological polar surface area (TPSA) is 97.1 Å². The highest BCUT2D eigenvalue weighted by Crippen LogP contribution is 2.44. The summed E-state index contributed by atoms with van der Waals surface area (Å²) >= 11 is 0. The molecule has 0 amide bonds. The van der Waals surface area contributed by atoms with Gasteiger partial charge in [-0.1, -0.05) is 175 Å². The lowest BCUT2D eigenvalue weighted by atomic mass is 9.85. The van der Waals surface area contributed by atoms with E-state index in [9.17, 15) is 9.59 Å². The molecule has 0 radical (unpaired) electrons. The van der Waals surface area contributed by atoms with Gasteiger partial charge >= 0.3 is 0 Å². The smallest absolute Gasteiger partial charge is 0.195 e. The molecular weight excluding hydrogens is 971 g/mol. The van der Waals surface area contributed by atoms with Crippen LogP contribution in [0.25, 0.3) is 33.2 Å². The number of fused-ring (bicyclic) bond motifs is 2. The lowest BCUT2D eigenvalue weighted by molar-refractivity contribution is -0.134. The molecular formula is C70H71N7O2. The molecule has 2 heterocycles. The number of aryl methyl sites for hydroxylation is 2. The summed E-state index contributed by atoms with van der Waals surface area (Å²) in [5.74, 6) is 0.0638. The molecule has 2 aliphatic rings. The monoisotopic (exact) mass is 1040 g/mol. The summed E-state index contributed by atoms with van der Waals surface area (Å²) in [4.78, 5) is 37.2. The zero-order valence-corrected chi connectivity index (χ0v) is 46.8. The summed E-state index contributed by atoms with van der Waals surface area (Å²) in [7, 11) is 0. The molecule has 7 aromatic carbocycles. The molecule has 0 bridgehead atoms.